The van der Waals surface area contributed by atoms with Crippen LogP contribution in [0.4, 0.5) is 0 Å². The minimum atomic E-state index is -1.11. The maximum atomic E-state index is 11.1. The average molecular weight is 316 g/mol. The highest BCUT2D eigenvalue weighted by atomic mass is 32.2. The van der Waals surface area contributed by atoms with Crippen LogP contribution in [-0.4, -0.2) is 22.2 Å². The van der Waals surface area contributed by atoms with Gasteiger partial charge in [-0.05, 0) is 47.9 Å². The van der Waals surface area contributed by atoms with Gasteiger partial charge < -0.3 is 10.2 Å². The summed E-state index contributed by atoms with van der Waals surface area (Å²) in [5.41, 5.74) is 1.60. The van der Waals surface area contributed by atoms with E-state index < -0.39 is 11.9 Å². The van der Waals surface area contributed by atoms with Gasteiger partial charge in [-0.3, -0.25) is 4.79 Å². The highest BCUT2D eigenvalue weighted by Crippen LogP contribution is 2.29. The van der Waals surface area contributed by atoms with E-state index in [-0.39, 0.29) is 12.0 Å². The summed E-state index contributed by atoms with van der Waals surface area (Å²) >= 11 is 1.48. The molecule has 5 heteroatoms. The van der Waals surface area contributed by atoms with E-state index in [2.05, 4.69) is 6.92 Å². The monoisotopic (exact) mass is 316 g/mol. The number of benzene rings is 2. The number of hydrogen-bond donors (Lipinski definition) is 2. The number of carboxylic acid groups (broad SMARTS) is 2. The molecular formula is C17H16O4S. The third-order valence-electron chi connectivity index (χ3n) is 3.22. The molecule has 0 bridgehead atoms. The summed E-state index contributed by atoms with van der Waals surface area (Å²) in [6.45, 7) is 2.09. The van der Waals surface area contributed by atoms with Crippen LogP contribution in [0.2, 0.25) is 0 Å². The summed E-state index contributed by atoms with van der Waals surface area (Å²) in [6.07, 6.45) is 0.672. The smallest absolute Gasteiger partial charge is 0.335 e. The molecule has 0 unspecified atom stereocenters. The van der Waals surface area contributed by atoms with Gasteiger partial charge in [-0.15, -0.1) is 0 Å². The van der Waals surface area contributed by atoms with E-state index in [0.29, 0.717) is 5.56 Å². The molecule has 114 valence electrons. The first kappa shape index (κ1) is 16.1. The molecule has 0 atom stereocenters. The molecule has 4 nitrogen and oxygen atoms in total. The first-order valence-electron chi connectivity index (χ1n) is 6.84. The van der Waals surface area contributed by atoms with E-state index in [0.717, 1.165) is 16.2 Å². The van der Waals surface area contributed by atoms with Gasteiger partial charge in [-0.2, -0.15) is 0 Å². The largest absolute Gasteiger partial charge is 0.481 e. The molecule has 2 aromatic carbocycles. The second-order valence-corrected chi connectivity index (χ2v) is 5.94. The Bertz CT molecular complexity index is 692. The van der Waals surface area contributed by atoms with Crippen LogP contribution in [0.5, 0.6) is 0 Å². The van der Waals surface area contributed by atoms with Gasteiger partial charge in [0.1, 0.15) is 0 Å². The SMILES string of the molecule is CCc1ccc(Sc2ccc(C(=O)O)c(CC(=O)O)c2)cc1. The van der Waals surface area contributed by atoms with Crippen molar-refractivity contribution >= 4 is 23.7 Å². The van der Waals surface area contributed by atoms with Crippen LogP contribution < -0.4 is 0 Å². The minimum absolute atomic E-state index is 0.0353. The highest BCUT2D eigenvalue weighted by Gasteiger charge is 2.13. The third-order valence-corrected chi connectivity index (χ3v) is 4.21. The van der Waals surface area contributed by atoms with Crippen LogP contribution in [0.1, 0.15) is 28.4 Å². The van der Waals surface area contributed by atoms with Gasteiger partial charge in [-0.25, -0.2) is 4.79 Å². The maximum absolute atomic E-state index is 11.1. The Labute approximate surface area is 132 Å². The van der Waals surface area contributed by atoms with Crippen LogP contribution in [0.3, 0.4) is 0 Å². The van der Waals surface area contributed by atoms with Crippen molar-refractivity contribution < 1.29 is 19.8 Å². The van der Waals surface area contributed by atoms with E-state index in [1.807, 2.05) is 24.3 Å². The minimum Gasteiger partial charge on any atom is -0.481 e. The van der Waals surface area contributed by atoms with Gasteiger partial charge in [0.25, 0.3) is 0 Å². The van der Waals surface area contributed by atoms with Crippen molar-refractivity contribution in [1.82, 2.24) is 0 Å². The fourth-order valence-corrected chi connectivity index (χ4v) is 2.96. The van der Waals surface area contributed by atoms with Crippen molar-refractivity contribution in [1.29, 1.82) is 0 Å². The van der Waals surface area contributed by atoms with Crippen LogP contribution in [0, 0.1) is 0 Å². The zero-order chi connectivity index (χ0) is 16.1. The molecule has 0 spiro atoms. The summed E-state index contributed by atoms with van der Waals surface area (Å²) in [6, 6.07) is 12.9. The standard InChI is InChI=1S/C17H16O4S/c1-2-11-3-5-13(6-4-11)22-14-7-8-15(17(20)21)12(9-14)10-16(18)19/h3-9H,2,10H2,1H3,(H,18,19)(H,20,21). The molecule has 0 amide bonds. The highest BCUT2D eigenvalue weighted by molar-refractivity contribution is 7.99. The lowest BCUT2D eigenvalue weighted by molar-refractivity contribution is -0.136. The van der Waals surface area contributed by atoms with Crippen LogP contribution in [0.25, 0.3) is 0 Å². The molecule has 2 N–H and O–H groups in total. The van der Waals surface area contributed by atoms with Gasteiger partial charge in [0.05, 0.1) is 12.0 Å². The second kappa shape index (κ2) is 7.13. The van der Waals surface area contributed by atoms with Crippen molar-refractivity contribution in [3.05, 3.63) is 59.2 Å². The fraction of sp³-hybridized carbons (Fsp3) is 0.176. The maximum Gasteiger partial charge on any atom is 0.335 e. The van der Waals surface area contributed by atoms with Gasteiger partial charge in [0.15, 0.2) is 0 Å². The molecule has 2 rings (SSSR count). The molecule has 0 heterocycles. The molecule has 0 radical (unpaired) electrons. The van der Waals surface area contributed by atoms with E-state index in [1.54, 1.807) is 12.1 Å². The van der Waals surface area contributed by atoms with Crippen molar-refractivity contribution in [2.75, 3.05) is 0 Å². The van der Waals surface area contributed by atoms with Crippen LogP contribution in [-0.2, 0) is 17.6 Å². The summed E-state index contributed by atoms with van der Waals surface area (Å²) in [7, 11) is 0. The van der Waals surface area contributed by atoms with E-state index >= 15 is 0 Å². The van der Waals surface area contributed by atoms with Gasteiger partial charge >= 0.3 is 11.9 Å². The molecule has 0 fully saturated rings. The summed E-state index contributed by atoms with van der Waals surface area (Å²) in [5.74, 6) is -2.16. The van der Waals surface area contributed by atoms with E-state index in [4.69, 9.17) is 10.2 Å². The van der Waals surface area contributed by atoms with Crippen molar-refractivity contribution in [2.45, 2.75) is 29.6 Å². The van der Waals surface area contributed by atoms with Crippen LogP contribution in [0.15, 0.2) is 52.3 Å². The molecule has 0 saturated carbocycles. The Kier molecular flexibility index (Phi) is 5.22. The van der Waals surface area contributed by atoms with E-state index in [9.17, 15) is 9.59 Å². The number of carboxylic acids is 2. The molecule has 0 aliphatic heterocycles. The summed E-state index contributed by atoms with van der Waals surface area (Å²) in [5, 5.41) is 18.0. The van der Waals surface area contributed by atoms with Crippen LogP contribution >= 0.6 is 11.8 Å². The summed E-state index contributed by atoms with van der Waals surface area (Å²) in [4.78, 5) is 23.9. The average Bonchev–Trinajstić information content (AvgIpc) is 2.47. The predicted molar refractivity (Wildman–Crippen MR) is 84.7 cm³/mol. The number of aliphatic carboxylic acids is 1. The lowest BCUT2D eigenvalue weighted by atomic mass is 10.1. The molecule has 0 aliphatic carbocycles. The lowest BCUT2D eigenvalue weighted by Gasteiger charge is -2.08. The predicted octanol–water partition coefficient (Wildman–Crippen LogP) is 3.73. The molecule has 0 aromatic heterocycles. The van der Waals surface area contributed by atoms with Crippen molar-refractivity contribution in [2.24, 2.45) is 0 Å². The van der Waals surface area contributed by atoms with Gasteiger partial charge in [0.2, 0.25) is 0 Å². The Hall–Kier alpha value is -2.27. The Balaban J connectivity index is 2.27. The molecule has 0 aliphatic rings. The molecular weight excluding hydrogens is 300 g/mol. The number of rotatable bonds is 6. The van der Waals surface area contributed by atoms with Crippen molar-refractivity contribution in [3.8, 4) is 0 Å². The molecule has 2 aromatic rings. The molecule has 22 heavy (non-hydrogen) atoms. The van der Waals surface area contributed by atoms with Gasteiger partial charge in [0, 0.05) is 9.79 Å². The zero-order valence-corrected chi connectivity index (χ0v) is 12.9. The quantitative estimate of drug-likeness (QED) is 0.849. The second-order valence-electron chi connectivity index (χ2n) is 4.79. The molecule has 0 saturated heterocycles. The lowest BCUT2D eigenvalue weighted by Crippen LogP contribution is -2.07. The fourth-order valence-electron chi connectivity index (χ4n) is 2.08. The number of carbonyl (C=O) groups is 2. The first-order chi connectivity index (χ1) is 10.5. The van der Waals surface area contributed by atoms with Crippen molar-refractivity contribution in [3.63, 3.8) is 0 Å². The normalized spacial score (nSPS) is 10.4. The Morgan fingerprint density at radius 3 is 2.18 bits per heavy atom. The Morgan fingerprint density at radius 2 is 1.64 bits per heavy atom. The first-order valence-corrected chi connectivity index (χ1v) is 7.66. The topological polar surface area (TPSA) is 74.6 Å². The zero-order valence-electron chi connectivity index (χ0n) is 12.1. The number of aromatic carboxylic acids is 1. The number of hydrogen-bond acceptors (Lipinski definition) is 3. The van der Waals surface area contributed by atoms with Gasteiger partial charge in [-0.1, -0.05) is 30.8 Å². The van der Waals surface area contributed by atoms with E-state index in [1.165, 1.54) is 23.4 Å². The number of aryl methyl sites for hydroxylation is 1. The third kappa shape index (κ3) is 4.11. The Morgan fingerprint density at radius 1 is 1.00 bits per heavy atom. The summed E-state index contributed by atoms with van der Waals surface area (Å²) < 4.78 is 0.